The molecule has 55 valence electrons. The van der Waals surface area contributed by atoms with Crippen molar-refractivity contribution in [2.75, 3.05) is 0 Å². The first-order chi connectivity index (χ1) is 5.91. The van der Waals surface area contributed by atoms with E-state index in [0.29, 0.717) is 0 Å². The normalized spacial score (nSPS) is 3.23. The molecule has 13 heavy (non-hydrogen) atoms. The van der Waals surface area contributed by atoms with Gasteiger partial charge in [0.25, 0.3) is 0 Å². The van der Waals surface area contributed by atoms with Crippen molar-refractivity contribution in [1.82, 2.24) is 0 Å². The third kappa shape index (κ3) is 13.0. The molecular formula is C12HV-. The fourth-order valence-electron chi connectivity index (χ4n) is 0.255. The minimum atomic E-state index is 0. The van der Waals surface area contributed by atoms with Crippen molar-refractivity contribution >= 4 is 0 Å². The molecule has 0 aliphatic carbocycles. The molecule has 0 spiro atoms. The molecule has 0 aromatic carbocycles. The van der Waals surface area contributed by atoms with E-state index in [1.807, 2.05) is 5.92 Å². The van der Waals surface area contributed by atoms with Crippen molar-refractivity contribution in [2.24, 2.45) is 0 Å². The predicted octanol–water partition coefficient (Wildman–Crippen LogP) is 0.220. The van der Waals surface area contributed by atoms with E-state index in [-0.39, 0.29) is 18.6 Å². The van der Waals surface area contributed by atoms with E-state index in [4.69, 9.17) is 12.8 Å². The van der Waals surface area contributed by atoms with Gasteiger partial charge >= 0.3 is 0 Å². The maximum Gasteiger partial charge on any atom is 0 e. The molecule has 0 aliphatic rings. The molecular weight excluding hydrogens is 195 g/mol. The maximum absolute atomic E-state index is 6.40. The summed E-state index contributed by atoms with van der Waals surface area (Å²) in [6.45, 7) is 0. The van der Waals surface area contributed by atoms with E-state index in [1.165, 1.54) is 0 Å². The monoisotopic (exact) mass is 196 g/mol. The Balaban J connectivity index is 0. The molecule has 0 saturated carbocycles. The summed E-state index contributed by atoms with van der Waals surface area (Å²) >= 11 is 0. The predicted molar refractivity (Wildman–Crippen MR) is 47.1 cm³/mol. The van der Waals surface area contributed by atoms with Crippen LogP contribution in [0.4, 0.5) is 0 Å². The van der Waals surface area contributed by atoms with Gasteiger partial charge in [-0.15, -0.1) is 12.3 Å². The quantitative estimate of drug-likeness (QED) is 0.384. The molecule has 0 bridgehead atoms. The van der Waals surface area contributed by atoms with E-state index >= 15 is 0 Å². The zero-order chi connectivity index (χ0) is 9.07. The number of hydrogen-bond acceptors (Lipinski definition) is 0. The van der Waals surface area contributed by atoms with Crippen molar-refractivity contribution < 1.29 is 18.6 Å². The van der Waals surface area contributed by atoms with Crippen molar-refractivity contribution in [3.63, 3.8) is 0 Å². The summed E-state index contributed by atoms with van der Waals surface area (Å²) in [6, 6.07) is 0. The van der Waals surface area contributed by atoms with E-state index in [2.05, 4.69) is 53.3 Å². The van der Waals surface area contributed by atoms with Gasteiger partial charge in [-0.05, 0) is 41.4 Å². The van der Waals surface area contributed by atoms with Crippen LogP contribution in [0.2, 0.25) is 0 Å². The van der Waals surface area contributed by atoms with Crippen LogP contribution in [0, 0.1) is 72.1 Å². The first-order valence-corrected chi connectivity index (χ1v) is 2.79. The van der Waals surface area contributed by atoms with Crippen LogP contribution in [0.5, 0.6) is 0 Å². The second-order valence-corrected chi connectivity index (χ2v) is 1.27. The molecule has 1 heteroatoms. The largest absolute Gasteiger partial charge is 0.358 e. The summed E-state index contributed by atoms with van der Waals surface area (Å²) in [7, 11) is 0. The summed E-state index contributed by atoms with van der Waals surface area (Å²) in [4.78, 5) is 0. The molecule has 0 heterocycles. The third-order valence-electron chi connectivity index (χ3n) is 0.572. The van der Waals surface area contributed by atoms with Crippen molar-refractivity contribution in [3.8, 4) is 65.6 Å². The third-order valence-corrected chi connectivity index (χ3v) is 0.572. The zero-order valence-corrected chi connectivity index (χ0v) is 7.92. The SMILES string of the molecule is [C-]#CC#CC#CC#CC#CC#C.[V]. The van der Waals surface area contributed by atoms with Gasteiger partial charge < -0.3 is 6.42 Å². The molecule has 0 amide bonds. The topological polar surface area (TPSA) is 0 Å². The van der Waals surface area contributed by atoms with Crippen molar-refractivity contribution in [2.45, 2.75) is 0 Å². The van der Waals surface area contributed by atoms with Crippen LogP contribution in [0.1, 0.15) is 0 Å². The summed E-state index contributed by atoms with van der Waals surface area (Å²) in [5, 5.41) is 0. The Hall–Kier alpha value is -2.06. The van der Waals surface area contributed by atoms with Crippen LogP contribution in [-0.2, 0) is 18.6 Å². The van der Waals surface area contributed by atoms with Crippen LogP contribution in [0.25, 0.3) is 0 Å². The summed E-state index contributed by atoms with van der Waals surface area (Å²) in [6.07, 6.45) is 11.2. The fourth-order valence-corrected chi connectivity index (χ4v) is 0.255. The average molecular weight is 196 g/mol. The Bertz CT molecular complexity index is 417. The van der Waals surface area contributed by atoms with Gasteiger partial charge in [0.15, 0.2) is 0 Å². The molecule has 0 aliphatic heterocycles. The van der Waals surface area contributed by atoms with Gasteiger partial charge in [0.1, 0.15) is 0 Å². The molecule has 0 unspecified atom stereocenters. The van der Waals surface area contributed by atoms with Gasteiger partial charge in [0.05, 0.1) is 0 Å². The fraction of sp³-hybridized carbons (Fsp3) is 0. The minimum Gasteiger partial charge on any atom is -0.358 e. The Morgan fingerprint density at radius 3 is 1.46 bits per heavy atom. The van der Waals surface area contributed by atoms with Gasteiger partial charge in [-0.3, -0.25) is 5.92 Å². The van der Waals surface area contributed by atoms with E-state index in [9.17, 15) is 0 Å². The van der Waals surface area contributed by atoms with E-state index in [1.54, 1.807) is 0 Å². The summed E-state index contributed by atoms with van der Waals surface area (Å²) in [5.41, 5.74) is 0. The van der Waals surface area contributed by atoms with Crippen molar-refractivity contribution in [3.05, 3.63) is 6.42 Å². The van der Waals surface area contributed by atoms with Gasteiger partial charge in [-0.1, -0.05) is 0 Å². The standard InChI is InChI=1S/C12H.V/c1-3-5-7-9-11-12-10-8-6-4-2;/h1H;/q-1;. The summed E-state index contributed by atoms with van der Waals surface area (Å²) in [5.74, 6) is 22.8. The van der Waals surface area contributed by atoms with E-state index in [0.717, 1.165) is 0 Å². The molecule has 0 rings (SSSR count). The molecule has 0 saturated heterocycles. The molecule has 0 nitrogen and oxygen atoms in total. The van der Waals surface area contributed by atoms with Gasteiger partial charge in [-0.25, -0.2) is 5.92 Å². The first-order valence-electron chi connectivity index (χ1n) is 2.79. The second-order valence-electron chi connectivity index (χ2n) is 1.27. The van der Waals surface area contributed by atoms with Crippen LogP contribution in [0.15, 0.2) is 0 Å². The zero-order valence-electron chi connectivity index (χ0n) is 6.52. The van der Waals surface area contributed by atoms with E-state index < -0.39 is 0 Å². The Morgan fingerprint density at radius 2 is 1.08 bits per heavy atom. The number of terminal acetylenes is 1. The van der Waals surface area contributed by atoms with Crippen molar-refractivity contribution in [1.29, 1.82) is 0 Å². The average Bonchev–Trinajstić information content (AvgIpc) is 2.10. The Kier molecular flexibility index (Phi) is 13.1. The van der Waals surface area contributed by atoms with Crippen LogP contribution in [-0.4, -0.2) is 0 Å². The van der Waals surface area contributed by atoms with Crippen LogP contribution in [0.3, 0.4) is 0 Å². The maximum atomic E-state index is 6.40. The summed E-state index contributed by atoms with van der Waals surface area (Å²) < 4.78 is 0. The molecule has 0 atom stereocenters. The molecule has 0 aromatic heterocycles. The molecule has 0 aromatic rings. The number of hydrogen-bond donors (Lipinski definition) is 0. The number of rotatable bonds is 0. The Labute approximate surface area is 90.8 Å². The first kappa shape index (κ1) is 13.5. The van der Waals surface area contributed by atoms with Gasteiger partial charge in [-0.2, -0.15) is 0 Å². The molecule has 1 radical (unpaired) electrons. The van der Waals surface area contributed by atoms with Gasteiger partial charge in [0.2, 0.25) is 0 Å². The molecule has 0 N–H and O–H groups in total. The van der Waals surface area contributed by atoms with Gasteiger partial charge in [0, 0.05) is 18.6 Å². The second kappa shape index (κ2) is 12.6. The minimum absolute atomic E-state index is 0. The van der Waals surface area contributed by atoms with Crippen LogP contribution < -0.4 is 0 Å². The van der Waals surface area contributed by atoms with Crippen LogP contribution >= 0.6 is 0 Å². The smallest absolute Gasteiger partial charge is 0 e. The Morgan fingerprint density at radius 1 is 0.692 bits per heavy atom. The molecule has 0 fully saturated rings.